The van der Waals surface area contributed by atoms with Crippen LogP contribution in [-0.2, 0) is 0 Å². The number of hydrogen-bond acceptors (Lipinski definition) is 3. The molecule has 0 spiro atoms. The van der Waals surface area contributed by atoms with Gasteiger partial charge in [0, 0.05) is 6.20 Å². The lowest BCUT2D eigenvalue weighted by Gasteiger charge is -1.89. The molecule has 0 aliphatic carbocycles. The number of hydrogen-bond donors (Lipinski definition) is 0. The highest BCUT2D eigenvalue weighted by atomic mass is 16.3. The van der Waals surface area contributed by atoms with E-state index in [2.05, 4.69) is 16.2 Å². The first-order chi connectivity index (χ1) is 5.47. The second-order valence-corrected chi connectivity index (χ2v) is 2.00. The molecule has 53 valence electrons. The molecule has 2 aromatic heterocycles. The molecule has 3 nitrogen and oxygen atoms in total. The highest BCUT2D eigenvalue weighted by Gasteiger charge is 1.99. The van der Waals surface area contributed by atoms with Crippen LogP contribution in [0, 0.1) is 6.20 Å². The molecule has 0 N–H and O–H groups in total. The fraction of sp³-hybridized carbons (Fsp3) is 0. The topological polar surface area (TPSA) is 38.9 Å². The van der Waals surface area contributed by atoms with Crippen LogP contribution in [0.25, 0.3) is 11.5 Å². The molecule has 11 heavy (non-hydrogen) atoms. The maximum Gasteiger partial charge on any atom is 0.228 e. The van der Waals surface area contributed by atoms with Gasteiger partial charge in [-0.15, -0.1) is 0 Å². The Balaban J connectivity index is 2.46. The van der Waals surface area contributed by atoms with Gasteiger partial charge >= 0.3 is 0 Å². The quantitative estimate of drug-likeness (QED) is 0.610. The normalized spacial score (nSPS) is 9.82. The largest absolute Gasteiger partial charge is 0.444 e. The molecule has 2 heterocycles. The predicted molar refractivity (Wildman–Crippen MR) is 38.6 cm³/mol. The average molecular weight is 145 g/mol. The van der Waals surface area contributed by atoms with Crippen LogP contribution in [0.2, 0.25) is 0 Å². The van der Waals surface area contributed by atoms with Gasteiger partial charge in [-0.3, -0.25) is 4.98 Å². The van der Waals surface area contributed by atoms with Gasteiger partial charge in [0.25, 0.3) is 0 Å². The first kappa shape index (κ1) is 6.09. The maximum atomic E-state index is 5.04. The van der Waals surface area contributed by atoms with E-state index in [0.717, 1.165) is 5.56 Å². The van der Waals surface area contributed by atoms with E-state index in [1.807, 2.05) is 12.1 Å². The number of nitrogens with zero attached hydrogens (tertiary/aromatic N) is 2. The zero-order valence-electron chi connectivity index (χ0n) is 5.69. The highest BCUT2D eigenvalue weighted by molar-refractivity contribution is 5.49. The van der Waals surface area contributed by atoms with Gasteiger partial charge in [-0.25, -0.2) is 4.98 Å². The fourth-order valence-corrected chi connectivity index (χ4v) is 0.802. The summed E-state index contributed by atoms with van der Waals surface area (Å²) in [6.07, 6.45) is 7.54. The molecule has 0 atom stereocenters. The van der Waals surface area contributed by atoms with E-state index >= 15 is 0 Å². The molecule has 0 aliphatic rings. The van der Waals surface area contributed by atoms with Crippen LogP contribution in [0.15, 0.2) is 35.2 Å². The first-order valence-corrected chi connectivity index (χ1v) is 3.19. The molecule has 0 bridgehead atoms. The van der Waals surface area contributed by atoms with Crippen molar-refractivity contribution in [1.82, 2.24) is 9.97 Å². The van der Waals surface area contributed by atoms with E-state index in [0.29, 0.717) is 5.89 Å². The summed E-state index contributed by atoms with van der Waals surface area (Å²) in [5.41, 5.74) is 0.775. The van der Waals surface area contributed by atoms with Gasteiger partial charge in [-0.2, -0.15) is 0 Å². The Hall–Kier alpha value is -1.64. The van der Waals surface area contributed by atoms with Crippen molar-refractivity contribution in [2.45, 2.75) is 0 Å². The van der Waals surface area contributed by atoms with Crippen LogP contribution >= 0.6 is 0 Å². The molecule has 1 radical (unpaired) electrons. The minimum Gasteiger partial charge on any atom is -0.444 e. The van der Waals surface area contributed by atoms with Crippen LogP contribution in [-0.4, -0.2) is 9.97 Å². The Kier molecular flexibility index (Phi) is 1.41. The molecular formula is C8H5N2O. The van der Waals surface area contributed by atoms with Gasteiger partial charge in [-0.05, 0) is 12.1 Å². The average Bonchev–Trinajstić information content (AvgIpc) is 2.58. The lowest BCUT2D eigenvalue weighted by molar-refractivity contribution is 0.574. The Labute approximate surface area is 63.7 Å². The molecule has 0 amide bonds. The fourth-order valence-electron chi connectivity index (χ4n) is 0.802. The van der Waals surface area contributed by atoms with Crippen molar-refractivity contribution in [3.63, 3.8) is 0 Å². The summed E-state index contributed by atoms with van der Waals surface area (Å²) in [5.74, 6) is 0.554. The minimum absolute atomic E-state index is 0.554. The minimum atomic E-state index is 0.554. The van der Waals surface area contributed by atoms with E-state index in [4.69, 9.17) is 4.42 Å². The van der Waals surface area contributed by atoms with E-state index in [9.17, 15) is 0 Å². The van der Waals surface area contributed by atoms with Crippen LogP contribution in [0.4, 0.5) is 0 Å². The smallest absolute Gasteiger partial charge is 0.228 e. The van der Waals surface area contributed by atoms with Gasteiger partial charge < -0.3 is 4.42 Å². The summed E-state index contributed by atoms with van der Waals surface area (Å²) >= 11 is 0. The zero-order valence-corrected chi connectivity index (χ0v) is 5.69. The number of aromatic nitrogens is 2. The van der Waals surface area contributed by atoms with Crippen molar-refractivity contribution in [3.8, 4) is 11.5 Å². The van der Waals surface area contributed by atoms with E-state index in [1.54, 1.807) is 12.4 Å². The van der Waals surface area contributed by atoms with Crippen LogP contribution in [0.3, 0.4) is 0 Å². The summed E-state index contributed by atoms with van der Waals surface area (Å²) in [6.45, 7) is 0. The van der Waals surface area contributed by atoms with Crippen LogP contribution < -0.4 is 0 Å². The standard InChI is InChI=1S/C8H5N2O/c1-2-7(6-9-3-1)8-10-4-5-11-8/h1-5H. The predicted octanol–water partition coefficient (Wildman–Crippen LogP) is 1.54. The monoisotopic (exact) mass is 145 g/mol. The van der Waals surface area contributed by atoms with Gasteiger partial charge in [0.05, 0.1) is 11.8 Å². The molecule has 2 rings (SSSR count). The van der Waals surface area contributed by atoms with Gasteiger partial charge in [0.15, 0.2) is 0 Å². The Bertz CT molecular complexity index is 315. The third-order valence-corrected chi connectivity index (χ3v) is 1.27. The number of oxazole rings is 1. The maximum absolute atomic E-state index is 5.04. The first-order valence-electron chi connectivity index (χ1n) is 3.19. The zero-order chi connectivity index (χ0) is 7.52. The van der Waals surface area contributed by atoms with Crippen LogP contribution in [0.1, 0.15) is 0 Å². The highest BCUT2D eigenvalue weighted by Crippen LogP contribution is 2.13. The van der Waals surface area contributed by atoms with E-state index in [1.165, 1.54) is 6.26 Å². The van der Waals surface area contributed by atoms with Gasteiger partial charge in [0.2, 0.25) is 5.89 Å². The molecule has 0 aliphatic heterocycles. The molecular weight excluding hydrogens is 140 g/mol. The SMILES string of the molecule is [c]1ncccc1-c1ncco1. The van der Waals surface area contributed by atoms with Crippen LogP contribution in [0.5, 0.6) is 0 Å². The van der Waals surface area contributed by atoms with Crippen molar-refractivity contribution in [3.05, 3.63) is 37.0 Å². The molecule has 0 fully saturated rings. The molecule has 0 saturated carbocycles. The van der Waals surface area contributed by atoms with Crippen molar-refractivity contribution >= 4 is 0 Å². The summed E-state index contributed by atoms with van der Waals surface area (Å²) in [7, 11) is 0. The Morgan fingerprint density at radius 3 is 3.00 bits per heavy atom. The molecule has 0 saturated heterocycles. The lowest BCUT2D eigenvalue weighted by atomic mass is 10.3. The van der Waals surface area contributed by atoms with Crippen molar-refractivity contribution in [2.24, 2.45) is 0 Å². The second-order valence-electron chi connectivity index (χ2n) is 2.00. The van der Waals surface area contributed by atoms with Gasteiger partial charge in [-0.1, -0.05) is 0 Å². The van der Waals surface area contributed by atoms with E-state index < -0.39 is 0 Å². The summed E-state index contributed by atoms with van der Waals surface area (Å²) in [5, 5.41) is 0. The third kappa shape index (κ3) is 1.12. The third-order valence-electron chi connectivity index (χ3n) is 1.27. The Morgan fingerprint density at radius 2 is 2.36 bits per heavy atom. The molecule has 0 unspecified atom stereocenters. The van der Waals surface area contributed by atoms with Gasteiger partial charge in [0.1, 0.15) is 12.5 Å². The Morgan fingerprint density at radius 1 is 1.36 bits per heavy atom. The van der Waals surface area contributed by atoms with Crippen molar-refractivity contribution < 1.29 is 4.42 Å². The lowest BCUT2D eigenvalue weighted by Crippen LogP contribution is -1.77. The molecule has 0 aromatic carbocycles. The van der Waals surface area contributed by atoms with E-state index in [-0.39, 0.29) is 0 Å². The second kappa shape index (κ2) is 2.54. The number of pyridine rings is 1. The molecule has 3 heteroatoms. The van der Waals surface area contributed by atoms with Crippen molar-refractivity contribution in [1.29, 1.82) is 0 Å². The number of rotatable bonds is 1. The van der Waals surface area contributed by atoms with Crippen molar-refractivity contribution in [2.75, 3.05) is 0 Å². The summed E-state index contributed by atoms with van der Waals surface area (Å²) < 4.78 is 5.04. The summed E-state index contributed by atoms with van der Waals surface area (Å²) in [4.78, 5) is 7.76. The summed E-state index contributed by atoms with van der Waals surface area (Å²) in [6, 6.07) is 3.66. The molecule has 2 aromatic rings.